The molecule has 0 aromatic carbocycles. The highest BCUT2D eigenvalue weighted by atomic mass is 35.5. The Bertz CT molecular complexity index is 539. The summed E-state index contributed by atoms with van der Waals surface area (Å²) in [6.07, 6.45) is 2.24. The highest BCUT2D eigenvalue weighted by molar-refractivity contribution is 7.88. The van der Waals surface area contributed by atoms with Crippen LogP contribution in [0.4, 0.5) is 0 Å². The molecule has 2 heterocycles. The lowest BCUT2D eigenvalue weighted by Gasteiger charge is -2.37. The lowest BCUT2D eigenvalue weighted by molar-refractivity contribution is 0.134. The van der Waals surface area contributed by atoms with Gasteiger partial charge in [0.15, 0.2) is 0 Å². The van der Waals surface area contributed by atoms with Gasteiger partial charge in [0, 0.05) is 31.6 Å². The van der Waals surface area contributed by atoms with Gasteiger partial charge in [0.1, 0.15) is 5.01 Å². The second-order valence-corrected chi connectivity index (χ2v) is 8.07. The number of alkyl halides is 1. The molecule has 1 aromatic rings. The Morgan fingerprint density at radius 1 is 1.40 bits per heavy atom. The number of rotatable bonds is 5. The first-order valence-corrected chi connectivity index (χ1v) is 9.91. The molecule has 0 spiro atoms. The number of sulfonamides is 1. The molecule has 20 heavy (non-hydrogen) atoms. The molecule has 1 aromatic heterocycles. The van der Waals surface area contributed by atoms with Crippen molar-refractivity contribution >= 4 is 33.0 Å². The van der Waals surface area contributed by atoms with Crippen molar-refractivity contribution in [1.29, 1.82) is 0 Å². The van der Waals surface area contributed by atoms with Gasteiger partial charge in [-0.05, 0) is 6.42 Å². The van der Waals surface area contributed by atoms with Crippen LogP contribution in [0.2, 0.25) is 0 Å². The fourth-order valence-corrected chi connectivity index (χ4v) is 4.56. The number of piperazine rings is 1. The molecule has 0 bridgehead atoms. The molecule has 1 atom stereocenters. The van der Waals surface area contributed by atoms with Crippen LogP contribution in [0.25, 0.3) is 0 Å². The van der Waals surface area contributed by atoms with Gasteiger partial charge in [-0.3, -0.25) is 4.90 Å². The molecule has 0 aliphatic carbocycles. The van der Waals surface area contributed by atoms with Crippen LogP contribution >= 0.6 is 22.9 Å². The van der Waals surface area contributed by atoms with E-state index >= 15 is 0 Å². The fraction of sp³-hybridized carbons (Fsp3) is 0.750. The molecular formula is C12H20ClN3O2S2. The Balaban J connectivity index is 2.03. The molecule has 0 saturated carbocycles. The summed E-state index contributed by atoms with van der Waals surface area (Å²) in [4.78, 5) is 6.87. The predicted molar refractivity (Wildman–Crippen MR) is 82.7 cm³/mol. The molecule has 1 fully saturated rings. The Hall–Kier alpha value is -0.210. The van der Waals surface area contributed by atoms with E-state index in [-0.39, 0.29) is 6.04 Å². The standard InChI is InChI=1S/C12H20ClN3O2S2/c1-3-11(12-14-10(8-13)9-19-12)15-4-6-16(7-5-15)20(2,17)18/h9,11H,3-8H2,1-2H3. The normalized spacial score (nSPS) is 20.1. The molecule has 2 rings (SSSR count). The average Bonchev–Trinajstić information content (AvgIpc) is 2.88. The minimum atomic E-state index is -3.07. The first-order valence-electron chi connectivity index (χ1n) is 6.65. The predicted octanol–water partition coefficient (Wildman–Crippen LogP) is 1.91. The van der Waals surface area contributed by atoms with E-state index in [1.54, 1.807) is 15.6 Å². The van der Waals surface area contributed by atoms with Crippen molar-refractivity contribution in [2.75, 3.05) is 32.4 Å². The van der Waals surface area contributed by atoms with E-state index in [1.807, 2.05) is 5.38 Å². The van der Waals surface area contributed by atoms with E-state index in [0.717, 1.165) is 30.2 Å². The summed E-state index contributed by atoms with van der Waals surface area (Å²) in [5.41, 5.74) is 0.917. The first-order chi connectivity index (χ1) is 9.45. The third kappa shape index (κ3) is 3.71. The molecule has 0 amide bonds. The minimum absolute atomic E-state index is 0.263. The lowest BCUT2D eigenvalue weighted by Crippen LogP contribution is -2.49. The first kappa shape index (κ1) is 16.2. The summed E-state index contributed by atoms with van der Waals surface area (Å²) in [6, 6.07) is 0.263. The molecule has 1 unspecified atom stereocenters. The molecule has 1 aliphatic heterocycles. The number of aromatic nitrogens is 1. The van der Waals surface area contributed by atoms with Crippen molar-refractivity contribution in [2.24, 2.45) is 0 Å². The number of halogens is 1. The quantitative estimate of drug-likeness (QED) is 0.770. The molecule has 5 nitrogen and oxygen atoms in total. The Morgan fingerprint density at radius 2 is 2.05 bits per heavy atom. The van der Waals surface area contributed by atoms with Gasteiger partial charge in [0.05, 0.1) is 23.9 Å². The Morgan fingerprint density at radius 3 is 2.50 bits per heavy atom. The zero-order valence-electron chi connectivity index (χ0n) is 11.7. The highest BCUT2D eigenvalue weighted by Gasteiger charge is 2.28. The summed E-state index contributed by atoms with van der Waals surface area (Å²) in [5, 5.41) is 3.08. The summed E-state index contributed by atoms with van der Waals surface area (Å²) in [7, 11) is -3.07. The van der Waals surface area contributed by atoms with Crippen molar-refractivity contribution in [3.8, 4) is 0 Å². The second-order valence-electron chi connectivity index (χ2n) is 4.93. The zero-order valence-corrected chi connectivity index (χ0v) is 14.1. The van der Waals surface area contributed by atoms with E-state index in [1.165, 1.54) is 6.26 Å². The van der Waals surface area contributed by atoms with Crippen LogP contribution in [0.15, 0.2) is 5.38 Å². The van der Waals surface area contributed by atoms with E-state index < -0.39 is 10.0 Å². The third-order valence-corrected chi connectivity index (χ3v) is 6.13. The molecule has 8 heteroatoms. The lowest BCUT2D eigenvalue weighted by atomic mass is 10.2. The van der Waals surface area contributed by atoms with Crippen molar-refractivity contribution in [3.63, 3.8) is 0 Å². The maximum absolute atomic E-state index is 11.5. The van der Waals surface area contributed by atoms with Gasteiger partial charge < -0.3 is 0 Å². The average molecular weight is 338 g/mol. The largest absolute Gasteiger partial charge is 0.291 e. The summed E-state index contributed by atoms with van der Waals surface area (Å²) in [5.74, 6) is 0.439. The van der Waals surface area contributed by atoms with Crippen LogP contribution in [0.3, 0.4) is 0 Å². The number of hydrogen-bond donors (Lipinski definition) is 0. The van der Waals surface area contributed by atoms with Crippen LogP contribution < -0.4 is 0 Å². The van der Waals surface area contributed by atoms with Crippen molar-refractivity contribution in [3.05, 3.63) is 16.1 Å². The molecule has 1 saturated heterocycles. The fourth-order valence-electron chi connectivity index (χ4n) is 2.47. The van der Waals surface area contributed by atoms with Gasteiger partial charge in [-0.15, -0.1) is 22.9 Å². The minimum Gasteiger partial charge on any atom is -0.291 e. The van der Waals surface area contributed by atoms with Gasteiger partial charge >= 0.3 is 0 Å². The van der Waals surface area contributed by atoms with Crippen LogP contribution in [0.1, 0.15) is 30.1 Å². The van der Waals surface area contributed by atoms with Crippen LogP contribution in [-0.2, 0) is 15.9 Å². The summed E-state index contributed by atoms with van der Waals surface area (Å²) >= 11 is 7.44. The summed E-state index contributed by atoms with van der Waals surface area (Å²) < 4.78 is 24.6. The van der Waals surface area contributed by atoms with Gasteiger partial charge in [0.2, 0.25) is 10.0 Å². The van der Waals surface area contributed by atoms with E-state index in [2.05, 4.69) is 16.8 Å². The number of thiazole rings is 1. The van der Waals surface area contributed by atoms with Gasteiger partial charge in [-0.2, -0.15) is 4.31 Å². The SMILES string of the molecule is CCC(c1nc(CCl)cs1)N1CCN(S(C)(=O)=O)CC1. The van der Waals surface area contributed by atoms with Crippen molar-refractivity contribution in [1.82, 2.24) is 14.2 Å². The van der Waals surface area contributed by atoms with E-state index in [4.69, 9.17) is 11.6 Å². The molecule has 0 radical (unpaired) electrons. The maximum atomic E-state index is 11.5. The zero-order chi connectivity index (χ0) is 14.8. The molecule has 114 valence electrons. The topological polar surface area (TPSA) is 53.5 Å². The van der Waals surface area contributed by atoms with Crippen molar-refractivity contribution in [2.45, 2.75) is 25.3 Å². The molecule has 0 N–H and O–H groups in total. The van der Waals surface area contributed by atoms with Gasteiger partial charge in [-0.25, -0.2) is 13.4 Å². The number of nitrogens with zero attached hydrogens (tertiary/aromatic N) is 3. The summed E-state index contributed by atoms with van der Waals surface area (Å²) in [6.45, 7) is 4.75. The van der Waals surface area contributed by atoms with Crippen LogP contribution in [-0.4, -0.2) is 55.0 Å². The number of hydrogen-bond acceptors (Lipinski definition) is 5. The Kier molecular flexibility index (Phi) is 5.42. The molecular weight excluding hydrogens is 318 g/mol. The smallest absolute Gasteiger partial charge is 0.211 e. The van der Waals surface area contributed by atoms with Crippen LogP contribution in [0.5, 0.6) is 0 Å². The van der Waals surface area contributed by atoms with E-state index in [9.17, 15) is 8.42 Å². The second kappa shape index (κ2) is 6.70. The van der Waals surface area contributed by atoms with Gasteiger partial charge in [0.25, 0.3) is 0 Å². The third-order valence-electron chi connectivity index (χ3n) is 3.56. The monoisotopic (exact) mass is 337 g/mol. The highest BCUT2D eigenvalue weighted by Crippen LogP contribution is 2.28. The van der Waals surface area contributed by atoms with Crippen molar-refractivity contribution < 1.29 is 8.42 Å². The maximum Gasteiger partial charge on any atom is 0.211 e. The van der Waals surface area contributed by atoms with Crippen LogP contribution in [0, 0.1) is 0 Å². The van der Waals surface area contributed by atoms with E-state index in [0.29, 0.717) is 19.0 Å². The van der Waals surface area contributed by atoms with Gasteiger partial charge in [-0.1, -0.05) is 6.92 Å². The Labute approximate surface area is 129 Å². The molecule has 1 aliphatic rings.